The Morgan fingerprint density at radius 2 is 1.72 bits per heavy atom. The van der Waals surface area contributed by atoms with Gasteiger partial charge in [-0.3, -0.25) is 4.79 Å². The molecule has 0 radical (unpaired) electrons. The third-order valence-electron chi connectivity index (χ3n) is 6.79. The van der Waals surface area contributed by atoms with E-state index >= 15 is 0 Å². The van der Waals surface area contributed by atoms with Crippen LogP contribution in [0.4, 0.5) is 5.82 Å². The van der Waals surface area contributed by atoms with Crippen LogP contribution in [0.2, 0.25) is 0 Å². The first-order valence-electron chi connectivity index (χ1n) is 12.4. The normalized spacial score (nSPS) is 16.8. The summed E-state index contributed by atoms with van der Waals surface area (Å²) >= 11 is 0. The number of amides is 1. The Labute approximate surface area is 192 Å². The van der Waals surface area contributed by atoms with Crippen molar-refractivity contribution in [2.75, 3.05) is 44.2 Å². The lowest BCUT2D eigenvalue weighted by Gasteiger charge is -2.38. The highest BCUT2D eigenvalue weighted by atomic mass is 16.2. The number of carbonyl (C=O) groups excluding carboxylic acids is 1. The Bertz CT molecular complexity index is 893. The van der Waals surface area contributed by atoms with Crippen LogP contribution in [0, 0.1) is 0 Å². The second kappa shape index (κ2) is 10.9. The van der Waals surface area contributed by atoms with Crippen LogP contribution >= 0.6 is 0 Å². The Morgan fingerprint density at radius 1 is 0.938 bits per heavy atom. The highest BCUT2D eigenvalue weighted by Crippen LogP contribution is 2.30. The molecule has 3 heterocycles. The molecule has 4 rings (SSSR count). The Hall–Kier alpha value is -2.47. The topological polar surface area (TPSA) is 52.6 Å². The molecular weight excluding hydrogens is 398 g/mol. The molecule has 0 atom stereocenters. The van der Waals surface area contributed by atoms with Crippen molar-refractivity contribution >= 4 is 11.7 Å². The fourth-order valence-corrected chi connectivity index (χ4v) is 4.72. The van der Waals surface area contributed by atoms with Gasteiger partial charge in [0.25, 0.3) is 0 Å². The van der Waals surface area contributed by atoms with Gasteiger partial charge in [-0.2, -0.15) is 0 Å². The van der Waals surface area contributed by atoms with E-state index in [2.05, 4.69) is 35.8 Å². The Kier molecular flexibility index (Phi) is 7.74. The minimum absolute atomic E-state index is 0.278. The van der Waals surface area contributed by atoms with Crippen LogP contribution < -0.4 is 4.90 Å². The lowest BCUT2D eigenvalue weighted by molar-refractivity contribution is -0.132. The monoisotopic (exact) mass is 435 g/mol. The quantitative estimate of drug-likeness (QED) is 0.583. The first-order valence-corrected chi connectivity index (χ1v) is 12.4. The van der Waals surface area contributed by atoms with E-state index in [1.165, 1.54) is 12.8 Å². The van der Waals surface area contributed by atoms with Crippen molar-refractivity contribution in [2.45, 2.75) is 58.9 Å². The second-order valence-electron chi connectivity index (χ2n) is 8.96. The summed E-state index contributed by atoms with van der Waals surface area (Å²) in [6.45, 7) is 11.0. The van der Waals surface area contributed by atoms with Gasteiger partial charge in [0.1, 0.15) is 5.82 Å². The van der Waals surface area contributed by atoms with E-state index in [1.54, 1.807) is 0 Å². The van der Waals surface area contributed by atoms with Crippen LogP contribution in [-0.4, -0.2) is 64.9 Å². The van der Waals surface area contributed by atoms with Gasteiger partial charge in [-0.15, -0.1) is 0 Å². The molecule has 0 bridgehead atoms. The predicted molar refractivity (Wildman–Crippen MR) is 130 cm³/mol. The summed E-state index contributed by atoms with van der Waals surface area (Å²) in [6.07, 6.45) is 6.00. The molecule has 1 aromatic heterocycles. The molecule has 1 saturated heterocycles. The smallest absolute Gasteiger partial charge is 0.222 e. The maximum absolute atomic E-state index is 12.9. The minimum Gasteiger partial charge on any atom is -0.354 e. The molecule has 0 N–H and O–H groups in total. The predicted octanol–water partition coefficient (Wildman–Crippen LogP) is 4.14. The van der Waals surface area contributed by atoms with Crippen LogP contribution in [0.15, 0.2) is 30.3 Å². The number of benzene rings is 1. The van der Waals surface area contributed by atoms with Crippen LogP contribution in [0.1, 0.15) is 57.2 Å². The summed E-state index contributed by atoms with van der Waals surface area (Å²) in [7, 11) is 0. The van der Waals surface area contributed by atoms with E-state index in [0.29, 0.717) is 13.0 Å². The second-order valence-corrected chi connectivity index (χ2v) is 8.96. The number of piperazine rings is 1. The lowest BCUT2D eigenvalue weighted by atomic mass is 10.0. The molecule has 6 nitrogen and oxygen atoms in total. The van der Waals surface area contributed by atoms with Gasteiger partial charge < -0.3 is 14.7 Å². The fraction of sp³-hybridized carbons (Fsp3) is 0.577. The van der Waals surface area contributed by atoms with Gasteiger partial charge in [-0.05, 0) is 13.0 Å². The molecular formula is C26H37N5O. The summed E-state index contributed by atoms with van der Waals surface area (Å²) < 4.78 is 0. The number of fused-ring (bicyclic) bond motifs is 1. The number of hydrogen-bond donors (Lipinski definition) is 0. The number of hydrogen-bond acceptors (Lipinski definition) is 5. The zero-order valence-electron chi connectivity index (χ0n) is 19.7. The number of likely N-dealkylation sites (N-methyl/N-ethyl adjacent to an activating group) is 1. The summed E-state index contributed by atoms with van der Waals surface area (Å²) in [5, 5.41) is 0. The average Bonchev–Trinajstić information content (AvgIpc) is 2.86. The van der Waals surface area contributed by atoms with Gasteiger partial charge in [0.15, 0.2) is 5.82 Å². The number of aromatic nitrogens is 2. The lowest BCUT2D eigenvalue weighted by Crippen LogP contribution is -2.47. The first-order chi connectivity index (χ1) is 15.7. The number of nitrogens with zero attached hydrogens (tertiary/aromatic N) is 5. The van der Waals surface area contributed by atoms with Gasteiger partial charge in [-0.1, -0.05) is 63.4 Å². The largest absolute Gasteiger partial charge is 0.354 e. The molecule has 1 aromatic carbocycles. The number of rotatable bonds is 8. The van der Waals surface area contributed by atoms with Crippen molar-refractivity contribution in [1.29, 1.82) is 0 Å². The molecule has 0 aliphatic carbocycles. The minimum atomic E-state index is 0.278. The first kappa shape index (κ1) is 22.7. The number of unbranched alkanes of at least 4 members (excludes halogenated alkanes) is 3. The fourth-order valence-electron chi connectivity index (χ4n) is 4.72. The third-order valence-corrected chi connectivity index (χ3v) is 6.79. The standard InChI is InChI=1S/C26H37N5O/c1-3-5-6-10-13-24(32)31-15-14-23-22(20-31)26(30-18-16-29(4-2)17-19-30)28-25(27-23)21-11-8-7-9-12-21/h7-9,11-12H,3-6,10,13-20H2,1-2H3. The summed E-state index contributed by atoms with van der Waals surface area (Å²) in [4.78, 5) is 29.9. The van der Waals surface area contributed by atoms with E-state index in [9.17, 15) is 4.79 Å². The molecule has 172 valence electrons. The average molecular weight is 436 g/mol. The number of carbonyl (C=O) groups is 1. The molecule has 1 amide bonds. The van der Waals surface area contributed by atoms with Crippen molar-refractivity contribution in [3.8, 4) is 11.4 Å². The van der Waals surface area contributed by atoms with E-state index in [1.807, 2.05) is 23.1 Å². The molecule has 0 unspecified atom stereocenters. The summed E-state index contributed by atoms with van der Waals surface area (Å²) in [5.41, 5.74) is 3.32. The van der Waals surface area contributed by atoms with E-state index in [-0.39, 0.29) is 5.91 Å². The molecule has 1 fully saturated rings. The van der Waals surface area contributed by atoms with Crippen molar-refractivity contribution in [1.82, 2.24) is 19.8 Å². The van der Waals surface area contributed by atoms with E-state index in [0.717, 1.165) is 87.0 Å². The third kappa shape index (κ3) is 5.29. The molecule has 2 aliphatic rings. The summed E-state index contributed by atoms with van der Waals surface area (Å²) in [5.74, 6) is 2.12. The van der Waals surface area contributed by atoms with Crippen molar-refractivity contribution in [3.05, 3.63) is 41.6 Å². The van der Waals surface area contributed by atoms with Gasteiger partial charge >= 0.3 is 0 Å². The SMILES string of the molecule is CCCCCCC(=O)N1CCc2nc(-c3ccccc3)nc(N3CCN(CC)CC3)c2C1. The zero-order chi connectivity index (χ0) is 22.3. The van der Waals surface area contributed by atoms with E-state index in [4.69, 9.17) is 9.97 Å². The van der Waals surface area contributed by atoms with Crippen molar-refractivity contribution in [2.24, 2.45) is 0 Å². The zero-order valence-corrected chi connectivity index (χ0v) is 19.7. The van der Waals surface area contributed by atoms with Gasteiger partial charge in [0.2, 0.25) is 5.91 Å². The maximum atomic E-state index is 12.9. The Balaban J connectivity index is 1.58. The Morgan fingerprint density at radius 3 is 2.44 bits per heavy atom. The maximum Gasteiger partial charge on any atom is 0.222 e. The highest BCUT2D eigenvalue weighted by Gasteiger charge is 2.29. The summed E-state index contributed by atoms with van der Waals surface area (Å²) in [6, 6.07) is 10.3. The van der Waals surface area contributed by atoms with E-state index < -0.39 is 0 Å². The van der Waals surface area contributed by atoms with Crippen molar-refractivity contribution in [3.63, 3.8) is 0 Å². The van der Waals surface area contributed by atoms with Crippen LogP contribution in [0.25, 0.3) is 11.4 Å². The number of anilines is 1. The van der Waals surface area contributed by atoms with Gasteiger partial charge in [0, 0.05) is 56.7 Å². The van der Waals surface area contributed by atoms with Gasteiger partial charge in [-0.25, -0.2) is 9.97 Å². The van der Waals surface area contributed by atoms with Gasteiger partial charge in [0.05, 0.1) is 12.2 Å². The van der Waals surface area contributed by atoms with Crippen LogP contribution in [-0.2, 0) is 17.8 Å². The molecule has 2 aromatic rings. The van der Waals surface area contributed by atoms with Crippen molar-refractivity contribution < 1.29 is 4.79 Å². The molecule has 0 saturated carbocycles. The van der Waals surface area contributed by atoms with Crippen LogP contribution in [0.5, 0.6) is 0 Å². The molecule has 32 heavy (non-hydrogen) atoms. The van der Waals surface area contributed by atoms with Crippen LogP contribution in [0.3, 0.4) is 0 Å². The molecule has 2 aliphatic heterocycles. The molecule has 0 spiro atoms. The molecule has 6 heteroatoms. The highest BCUT2D eigenvalue weighted by molar-refractivity contribution is 5.77.